The van der Waals surface area contributed by atoms with Gasteiger partial charge in [0, 0.05) is 58.4 Å². The van der Waals surface area contributed by atoms with Crippen molar-refractivity contribution < 1.29 is 29.4 Å². The van der Waals surface area contributed by atoms with Crippen LogP contribution in [0.3, 0.4) is 0 Å². The fraction of sp³-hybridized carbons (Fsp3) is 0.500. The van der Waals surface area contributed by atoms with Crippen LogP contribution in [0.25, 0.3) is 0 Å². The van der Waals surface area contributed by atoms with Gasteiger partial charge in [-0.1, -0.05) is 23.2 Å². The Balaban J connectivity index is 0.000000286. The minimum absolute atomic E-state index is 0.189. The maximum Gasteiger partial charge on any atom is 0.328 e. The number of hydrogen-bond donors (Lipinski definition) is 4. The minimum atomic E-state index is -1.26. The van der Waals surface area contributed by atoms with Crippen molar-refractivity contribution in [3.05, 3.63) is 67.5 Å². The molecule has 2 saturated heterocycles. The molecule has 2 aromatic carbocycles. The molecule has 10 nitrogen and oxygen atoms in total. The first-order chi connectivity index (χ1) is 23.9. The second-order valence-electron chi connectivity index (χ2n) is 11.9. The Kier molecular flexibility index (Phi) is 20.9. The van der Waals surface area contributed by atoms with Gasteiger partial charge in [-0.25, -0.2) is 9.59 Å². The van der Waals surface area contributed by atoms with Crippen molar-refractivity contribution >= 4 is 90.2 Å². The summed E-state index contributed by atoms with van der Waals surface area (Å²) in [5.74, 6) is -0.770. The van der Waals surface area contributed by atoms with E-state index in [9.17, 15) is 19.2 Å². The lowest BCUT2D eigenvalue weighted by Crippen LogP contribution is -2.32. The number of anilines is 2. The van der Waals surface area contributed by atoms with Gasteiger partial charge in [0.1, 0.15) is 0 Å². The van der Waals surface area contributed by atoms with E-state index in [0.717, 1.165) is 59.3 Å². The summed E-state index contributed by atoms with van der Waals surface area (Å²) >= 11 is 19.0. The summed E-state index contributed by atoms with van der Waals surface area (Å²) < 4.78 is 1.71. The van der Waals surface area contributed by atoms with Gasteiger partial charge < -0.3 is 30.6 Å². The molecule has 4 rings (SSSR count). The Morgan fingerprint density at radius 3 is 1.32 bits per heavy atom. The van der Waals surface area contributed by atoms with Crippen LogP contribution in [0.2, 0.25) is 10.0 Å². The first-order valence-electron chi connectivity index (χ1n) is 16.9. The summed E-state index contributed by atoms with van der Waals surface area (Å²) in [6, 6.07) is 11.3. The van der Waals surface area contributed by atoms with E-state index in [1.807, 2.05) is 60.0 Å². The predicted molar refractivity (Wildman–Crippen MR) is 208 cm³/mol. The average molecular weight is 864 g/mol. The number of rotatable bonds is 12. The zero-order valence-electron chi connectivity index (χ0n) is 28.6. The Bertz CT molecular complexity index is 1330. The number of carbonyl (C=O) groups is 4. The highest BCUT2D eigenvalue weighted by molar-refractivity contribution is 9.10. The molecule has 0 unspecified atom stereocenters. The summed E-state index contributed by atoms with van der Waals surface area (Å²) in [6.45, 7) is 9.66. The van der Waals surface area contributed by atoms with E-state index in [1.165, 1.54) is 25.7 Å². The maximum atomic E-state index is 12.5. The van der Waals surface area contributed by atoms with Gasteiger partial charge in [-0.2, -0.15) is 0 Å². The molecule has 0 atom stereocenters. The highest BCUT2D eigenvalue weighted by Gasteiger charge is 2.20. The van der Waals surface area contributed by atoms with Gasteiger partial charge in [-0.3, -0.25) is 9.59 Å². The summed E-state index contributed by atoms with van der Waals surface area (Å²) in [5, 5.41) is 23.6. The van der Waals surface area contributed by atoms with Crippen LogP contribution >= 0.6 is 55.1 Å². The first kappa shape index (κ1) is 43.7. The smallest absolute Gasteiger partial charge is 0.328 e. The van der Waals surface area contributed by atoms with E-state index in [0.29, 0.717) is 60.0 Å². The first-order valence-corrected chi connectivity index (χ1v) is 19.3. The fourth-order valence-electron chi connectivity index (χ4n) is 5.72. The third kappa shape index (κ3) is 16.2. The van der Waals surface area contributed by atoms with Crippen molar-refractivity contribution in [2.24, 2.45) is 11.8 Å². The number of benzene rings is 2. The number of nitrogens with one attached hydrogen (secondary N) is 2. The summed E-state index contributed by atoms with van der Waals surface area (Å²) in [6.07, 6.45) is 9.06. The van der Waals surface area contributed by atoms with E-state index in [1.54, 1.807) is 0 Å². The van der Waals surface area contributed by atoms with Crippen LogP contribution in [0.1, 0.15) is 65.2 Å². The quantitative estimate of drug-likeness (QED) is 0.157. The summed E-state index contributed by atoms with van der Waals surface area (Å²) in [5.41, 5.74) is 1.75. The number of nitrogens with zero attached hydrogens (tertiary/aromatic N) is 2. The summed E-state index contributed by atoms with van der Waals surface area (Å²) in [4.78, 5) is 47.7. The Morgan fingerprint density at radius 1 is 0.700 bits per heavy atom. The van der Waals surface area contributed by atoms with Crippen molar-refractivity contribution in [1.82, 2.24) is 10.6 Å². The van der Waals surface area contributed by atoms with Crippen LogP contribution in [0.5, 0.6) is 0 Å². The number of aliphatic carboxylic acids is 2. The van der Waals surface area contributed by atoms with Gasteiger partial charge in [-0.15, -0.1) is 0 Å². The summed E-state index contributed by atoms with van der Waals surface area (Å²) in [7, 11) is 0. The molecule has 0 aliphatic carbocycles. The molecule has 2 aromatic rings. The lowest BCUT2D eigenvalue weighted by molar-refractivity contribution is -0.134. The van der Waals surface area contributed by atoms with Crippen molar-refractivity contribution in [2.45, 2.75) is 65.2 Å². The highest BCUT2D eigenvalue weighted by Crippen LogP contribution is 2.30. The van der Waals surface area contributed by atoms with Gasteiger partial charge in [-0.05, 0) is 159 Å². The number of amides is 2. The van der Waals surface area contributed by atoms with E-state index in [-0.39, 0.29) is 11.8 Å². The number of carboxylic acid groups (broad SMARTS) is 2. The van der Waals surface area contributed by atoms with Gasteiger partial charge in [0.2, 0.25) is 11.8 Å². The van der Waals surface area contributed by atoms with Gasteiger partial charge in [0.15, 0.2) is 0 Å². The van der Waals surface area contributed by atoms with E-state index in [4.69, 9.17) is 33.4 Å². The molecule has 4 N–H and O–H groups in total. The standard InChI is InChI=1S/2C16H22BrClN2O.C4H4O4/c2*1-2-20(13-4-5-14(17)15(18)11-13)16(21)6-3-12-7-9-19-10-8-12;5-3(6)1-2-4(7)8/h2*4-5,11-12,19H,2-3,6-10H2,1H3;1-2H,(H,5,6)(H,7,8)/b;;2-1+. The number of hydrogen-bond acceptors (Lipinski definition) is 6. The van der Waals surface area contributed by atoms with Crippen LogP contribution in [-0.4, -0.2) is 73.2 Å². The molecular weight excluding hydrogens is 815 g/mol. The second-order valence-corrected chi connectivity index (χ2v) is 14.5. The van der Waals surface area contributed by atoms with Crippen LogP contribution in [0, 0.1) is 11.8 Å². The van der Waals surface area contributed by atoms with Gasteiger partial charge in [0.25, 0.3) is 0 Å². The largest absolute Gasteiger partial charge is 0.478 e. The molecular formula is C36H48Br2Cl2N4O6. The van der Waals surface area contributed by atoms with E-state index in [2.05, 4.69) is 42.5 Å². The highest BCUT2D eigenvalue weighted by atomic mass is 79.9. The van der Waals surface area contributed by atoms with Crippen LogP contribution in [0.15, 0.2) is 57.5 Å². The van der Waals surface area contributed by atoms with Crippen molar-refractivity contribution in [3.63, 3.8) is 0 Å². The average Bonchev–Trinajstić information content (AvgIpc) is 3.10. The minimum Gasteiger partial charge on any atom is -0.478 e. The molecule has 0 saturated carbocycles. The molecule has 2 heterocycles. The van der Waals surface area contributed by atoms with Crippen molar-refractivity contribution in [2.75, 3.05) is 49.1 Å². The van der Waals surface area contributed by atoms with E-state index >= 15 is 0 Å². The normalized spacial score (nSPS) is 14.9. The number of piperidine rings is 2. The molecule has 0 aromatic heterocycles. The molecule has 0 bridgehead atoms. The third-order valence-electron chi connectivity index (χ3n) is 8.48. The van der Waals surface area contributed by atoms with Crippen molar-refractivity contribution in [3.8, 4) is 0 Å². The molecule has 14 heteroatoms. The number of carbonyl (C=O) groups excluding carboxylic acids is 2. The van der Waals surface area contributed by atoms with E-state index < -0.39 is 11.9 Å². The molecule has 50 heavy (non-hydrogen) atoms. The van der Waals surface area contributed by atoms with Gasteiger partial charge in [0.05, 0.1) is 10.0 Å². The third-order valence-corrected chi connectivity index (χ3v) is 10.9. The maximum absolute atomic E-state index is 12.5. The van der Waals surface area contributed by atoms with Crippen LogP contribution < -0.4 is 20.4 Å². The fourth-order valence-corrected chi connectivity index (χ4v) is 6.56. The molecule has 0 radical (unpaired) electrons. The lowest BCUT2D eigenvalue weighted by Gasteiger charge is -2.25. The Morgan fingerprint density at radius 2 is 1.04 bits per heavy atom. The SMILES string of the molecule is CCN(C(=O)CCC1CCNCC1)c1ccc(Br)c(Cl)c1.CCN(C(=O)CCC1CCNCC1)c1ccc(Br)c(Cl)c1.O=C(O)/C=C/C(=O)O. The van der Waals surface area contributed by atoms with Gasteiger partial charge >= 0.3 is 11.9 Å². The molecule has 2 amide bonds. The molecule has 276 valence electrons. The topological polar surface area (TPSA) is 139 Å². The van der Waals surface area contributed by atoms with Crippen LogP contribution in [0.4, 0.5) is 11.4 Å². The van der Waals surface area contributed by atoms with Crippen LogP contribution in [-0.2, 0) is 19.2 Å². The predicted octanol–water partition coefficient (Wildman–Crippen LogP) is 8.18. The zero-order chi connectivity index (χ0) is 37.1. The second kappa shape index (κ2) is 23.9. The molecule has 2 aliphatic rings. The Labute approximate surface area is 322 Å². The monoisotopic (exact) mass is 860 g/mol. The molecule has 0 spiro atoms. The molecule has 2 aliphatic heterocycles. The van der Waals surface area contributed by atoms with Crippen molar-refractivity contribution in [1.29, 1.82) is 0 Å². The lowest BCUT2D eigenvalue weighted by atomic mass is 9.93. The zero-order valence-corrected chi connectivity index (χ0v) is 33.3. The Hall–Kier alpha value is -2.48. The number of halogens is 4. The molecule has 2 fully saturated rings. The number of carboxylic acids is 2.